The molecule has 0 saturated heterocycles. The van der Waals surface area contributed by atoms with Crippen molar-refractivity contribution in [3.8, 4) is 0 Å². The van der Waals surface area contributed by atoms with Crippen molar-refractivity contribution in [1.29, 1.82) is 0 Å². The highest BCUT2D eigenvalue weighted by Gasteiger charge is 2.35. The molecule has 144 valence electrons. The number of hydrazone groups is 1. The fourth-order valence-electron chi connectivity index (χ4n) is 3.87. The molecule has 1 atom stereocenters. The van der Waals surface area contributed by atoms with Gasteiger partial charge in [-0.1, -0.05) is 6.92 Å². The van der Waals surface area contributed by atoms with Crippen LogP contribution in [0.15, 0.2) is 33.6 Å². The summed E-state index contributed by atoms with van der Waals surface area (Å²) in [7, 11) is 0. The molecule has 1 unspecified atom stereocenters. The molecule has 3 aromatic heterocycles. The fourth-order valence-corrected chi connectivity index (χ4v) is 4.71. The van der Waals surface area contributed by atoms with E-state index in [0.29, 0.717) is 24.1 Å². The summed E-state index contributed by atoms with van der Waals surface area (Å²) in [4.78, 5) is 33.6. The van der Waals surface area contributed by atoms with Crippen molar-refractivity contribution in [3.05, 3.63) is 62.0 Å². The number of fused-ring (bicyclic) bond motifs is 1. The molecule has 0 radical (unpaired) electrons. The minimum absolute atomic E-state index is 0.0642. The first-order valence-corrected chi connectivity index (χ1v) is 10.2. The van der Waals surface area contributed by atoms with Crippen LogP contribution in [0.4, 0.5) is 0 Å². The Morgan fingerprint density at radius 1 is 1.36 bits per heavy atom. The van der Waals surface area contributed by atoms with Gasteiger partial charge in [-0.2, -0.15) is 5.10 Å². The van der Waals surface area contributed by atoms with Crippen molar-refractivity contribution >= 4 is 33.2 Å². The van der Waals surface area contributed by atoms with Gasteiger partial charge in [-0.05, 0) is 55.0 Å². The molecule has 1 amide bonds. The van der Waals surface area contributed by atoms with Crippen molar-refractivity contribution in [3.63, 3.8) is 0 Å². The highest BCUT2D eigenvalue weighted by atomic mass is 32.1. The first-order chi connectivity index (χ1) is 13.4. The highest BCUT2D eigenvalue weighted by molar-refractivity contribution is 7.16. The van der Waals surface area contributed by atoms with E-state index in [1.807, 2.05) is 51.4 Å². The molecule has 4 rings (SSSR count). The van der Waals surface area contributed by atoms with Crippen molar-refractivity contribution in [2.45, 2.75) is 46.6 Å². The van der Waals surface area contributed by atoms with Crippen LogP contribution in [-0.2, 0) is 4.79 Å². The minimum atomic E-state index is -0.243. The molecule has 3 aromatic rings. The van der Waals surface area contributed by atoms with Crippen molar-refractivity contribution in [2.75, 3.05) is 0 Å². The van der Waals surface area contributed by atoms with Crippen LogP contribution in [0, 0.1) is 20.8 Å². The molecule has 1 aliphatic rings. The quantitative estimate of drug-likeness (QED) is 0.729. The van der Waals surface area contributed by atoms with Gasteiger partial charge in [0.05, 0.1) is 17.3 Å². The van der Waals surface area contributed by atoms with E-state index in [2.05, 4.69) is 15.1 Å². The number of aryl methyl sites for hydroxylation is 3. The zero-order valence-corrected chi connectivity index (χ0v) is 17.2. The number of H-pyrrole nitrogens is 1. The standard InChI is InChI=1S/C21H22N4O2S/c1-5-18(26)25-17(15-10-22-12(3)8-11(15)2)9-16(24-25)19-13(4)14-6-7-28-21(14)23-20(19)27/h6-8,10,17H,5,9H2,1-4H3,(H,23,27). The maximum Gasteiger partial charge on any atom is 0.258 e. The number of aromatic amines is 1. The van der Waals surface area contributed by atoms with Gasteiger partial charge in [0.1, 0.15) is 4.83 Å². The van der Waals surface area contributed by atoms with Gasteiger partial charge in [0.25, 0.3) is 5.56 Å². The molecule has 0 aliphatic carbocycles. The molecule has 6 nitrogen and oxygen atoms in total. The zero-order valence-electron chi connectivity index (χ0n) is 16.4. The van der Waals surface area contributed by atoms with Crippen LogP contribution in [0.3, 0.4) is 0 Å². The zero-order chi connectivity index (χ0) is 20.0. The largest absolute Gasteiger partial charge is 0.313 e. The fraction of sp³-hybridized carbons (Fsp3) is 0.333. The third-order valence-corrected chi connectivity index (χ3v) is 6.13. The van der Waals surface area contributed by atoms with E-state index in [0.717, 1.165) is 32.6 Å². The predicted molar refractivity (Wildman–Crippen MR) is 112 cm³/mol. The molecular weight excluding hydrogens is 372 g/mol. The van der Waals surface area contributed by atoms with Crippen LogP contribution < -0.4 is 5.56 Å². The highest BCUT2D eigenvalue weighted by Crippen LogP contribution is 2.35. The number of hydrogen-bond acceptors (Lipinski definition) is 5. The Morgan fingerprint density at radius 2 is 2.14 bits per heavy atom. The number of amides is 1. The van der Waals surface area contributed by atoms with E-state index < -0.39 is 0 Å². The predicted octanol–water partition coefficient (Wildman–Crippen LogP) is 4.00. The number of nitrogens with one attached hydrogen (secondary N) is 1. The van der Waals surface area contributed by atoms with Gasteiger partial charge in [0.15, 0.2) is 0 Å². The lowest BCUT2D eigenvalue weighted by atomic mass is 9.94. The van der Waals surface area contributed by atoms with Gasteiger partial charge in [-0.25, -0.2) is 5.01 Å². The van der Waals surface area contributed by atoms with E-state index in [1.54, 1.807) is 0 Å². The molecule has 1 aliphatic heterocycles. The van der Waals surface area contributed by atoms with E-state index in [4.69, 9.17) is 0 Å². The second-order valence-electron chi connectivity index (χ2n) is 7.16. The van der Waals surface area contributed by atoms with Gasteiger partial charge in [0.2, 0.25) is 5.91 Å². The number of rotatable bonds is 3. The third-order valence-electron chi connectivity index (χ3n) is 5.30. The maximum atomic E-state index is 12.8. The third kappa shape index (κ3) is 2.96. The smallest absolute Gasteiger partial charge is 0.258 e. The Morgan fingerprint density at radius 3 is 2.86 bits per heavy atom. The van der Waals surface area contributed by atoms with Gasteiger partial charge < -0.3 is 4.98 Å². The van der Waals surface area contributed by atoms with E-state index >= 15 is 0 Å². The summed E-state index contributed by atoms with van der Waals surface area (Å²) in [5, 5.41) is 9.14. The van der Waals surface area contributed by atoms with Crippen LogP contribution in [0.2, 0.25) is 0 Å². The number of carbonyl (C=O) groups excluding carboxylic acids is 1. The molecule has 1 N–H and O–H groups in total. The second-order valence-corrected chi connectivity index (χ2v) is 8.07. The molecule has 4 heterocycles. The van der Waals surface area contributed by atoms with Gasteiger partial charge in [-0.3, -0.25) is 14.6 Å². The summed E-state index contributed by atoms with van der Waals surface area (Å²) in [6.07, 6.45) is 2.67. The lowest BCUT2D eigenvalue weighted by Crippen LogP contribution is -2.26. The monoisotopic (exact) mass is 394 g/mol. The molecule has 0 bridgehead atoms. The molecular formula is C21H22N4O2S. The van der Waals surface area contributed by atoms with E-state index in [-0.39, 0.29) is 17.5 Å². The summed E-state index contributed by atoms with van der Waals surface area (Å²) in [6, 6.07) is 3.77. The van der Waals surface area contributed by atoms with Crippen LogP contribution in [0.1, 0.15) is 53.8 Å². The van der Waals surface area contributed by atoms with E-state index in [9.17, 15) is 9.59 Å². The van der Waals surface area contributed by atoms with Crippen LogP contribution in [0.5, 0.6) is 0 Å². The average Bonchev–Trinajstić information content (AvgIpc) is 3.28. The number of hydrogen-bond donors (Lipinski definition) is 1. The van der Waals surface area contributed by atoms with E-state index in [1.165, 1.54) is 16.3 Å². The molecule has 0 spiro atoms. The molecule has 0 saturated carbocycles. The Kier molecular flexibility index (Phi) is 4.63. The van der Waals surface area contributed by atoms with Crippen molar-refractivity contribution < 1.29 is 4.79 Å². The Hall–Kier alpha value is -2.80. The maximum absolute atomic E-state index is 12.8. The molecule has 28 heavy (non-hydrogen) atoms. The topological polar surface area (TPSA) is 78.4 Å². The van der Waals surface area contributed by atoms with Crippen LogP contribution in [0.25, 0.3) is 10.2 Å². The van der Waals surface area contributed by atoms with Gasteiger partial charge >= 0.3 is 0 Å². The molecule has 0 aromatic carbocycles. The average molecular weight is 395 g/mol. The Labute approximate surface area is 166 Å². The summed E-state index contributed by atoms with van der Waals surface area (Å²) in [5.41, 5.74) is 4.94. The first-order valence-electron chi connectivity index (χ1n) is 9.33. The molecule has 7 heteroatoms. The summed E-state index contributed by atoms with van der Waals surface area (Å²) >= 11 is 1.51. The number of nitrogens with zero attached hydrogens (tertiary/aromatic N) is 3. The lowest BCUT2D eigenvalue weighted by Gasteiger charge is -2.22. The SMILES string of the molecule is CCC(=O)N1N=C(c2c(C)c3ccsc3[nH]c2=O)CC1c1cnc(C)cc1C. The summed E-state index contributed by atoms with van der Waals surface area (Å²) in [5.74, 6) is -0.0642. The van der Waals surface area contributed by atoms with Crippen LogP contribution >= 0.6 is 11.3 Å². The molecule has 0 fully saturated rings. The van der Waals surface area contributed by atoms with Crippen LogP contribution in [-0.4, -0.2) is 26.6 Å². The first kappa shape index (κ1) is 18.6. The lowest BCUT2D eigenvalue weighted by molar-refractivity contribution is -0.132. The second kappa shape index (κ2) is 6.98. The summed E-state index contributed by atoms with van der Waals surface area (Å²) in [6.45, 7) is 7.73. The van der Waals surface area contributed by atoms with Gasteiger partial charge in [0, 0.05) is 30.1 Å². The Bertz CT molecular complexity index is 1170. The number of aromatic nitrogens is 2. The van der Waals surface area contributed by atoms with Crippen molar-refractivity contribution in [2.24, 2.45) is 5.10 Å². The number of carbonyl (C=O) groups is 1. The Balaban J connectivity index is 1.83. The number of thiophene rings is 1. The minimum Gasteiger partial charge on any atom is -0.313 e. The summed E-state index contributed by atoms with van der Waals surface area (Å²) < 4.78 is 0. The van der Waals surface area contributed by atoms with Gasteiger partial charge in [-0.15, -0.1) is 11.3 Å². The number of pyridine rings is 2. The van der Waals surface area contributed by atoms with Crippen molar-refractivity contribution in [1.82, 2.24) is 15.0 Å². The normalized spacial score (nSPS) is 16.6.